The minimum absolute atomic E-state index is 0.167. The molecule has 0 saturated heterocycles. The van der Waals surface area contributed by atoms with E-state index in [0.717, 1.165) is 5.41 Å². The predicted octanol–water partition coefficient (Wildman–Crippen LogP) is 1.03. The van der Waals surface area contributed by atoms with Crippen molar-refractivity contribution >= 4 is 28.0 Å². The Bertz CT molecular complexity index is 845. The van der Waals surface area contributed by atoms with E-state index in [-0.39, 0.29) is 6.54 Å². The Balaban J connectivity index is 1.68. The minimum atomic E-state index is -3.80. The van der Waals surface area contributed by atoms with Crippen LogP contribution in [0.15, 0.2) is 58.6 Å². The lowest BCUT2D eigenvalue weighted by molar-refractivity contribution is -0.147. The fraction of sp³-hybridized carbons (Fsp3) is 0.176. The van der Waals surface area contributed by atoms with E-state index in [4.69, 9.17) is 9.15 Å². The fourth-order valence-electron chi connectivity index (χ4n) is 1.79. The largest absolute Gasteiger partial charge is 0.467 e. The Morgan fingerprint density at radius 1 is 1.12 bits per heavy atom. The number of amides is 1. The first-order valence-corrected chi connectivity index (χ1v) is 9.17. The third-order valence-electron chi connectivity index (χ3n) is 3.06. The molecule has 8 nitrogen and oxygen atoms in total. The number of furan rings is 1. The van der Waals surface area contributed by atoms with E-state index in [1.54, 1.807) is 36.4 Å². The second-order valence-corrected chi connectivity index (χ2v) is 6.75. The highest BCUT2D eigenvalue weighted by Gasteiger charge is 2.12. The molecule has 1 aromatic carbocycles. The van der Waals surface area contributed by atoms with Crippen molar-refractivity contribution in [1.82, 2.24) is 10.0 Å². The maximum absolute atomic E-state index is 11.8. The molecule has 2 aromatic rings. The van der Waals surface area contributed by atoms with Crippen molar-refractivity contribution in [2.24, 2.45) is 0 Å². The van der Waals surface area contributed by atoms with Gasteiger partial charge in [-0.1, -0.05) is 30.3 Å². The molecule has 0 spiro atoms. The molecule has 0 aliphatic rings. The number of sulfonamides is 1. The van der Waals surface area contributed by atoms with Crippen molar-refractivity contribution < 1.29 is 27.2 Å². The van der Waals surface area contributed by atoms with Crippen LogP contribution in [0.25, 0.3) is 6.08 Å². The topological polar surface area (TPSA) is 115 Å². The van der Waals surface area contributed by atoms with Crippen LogP contribution in [0.5, 0.6) is 0 Å². The van der Waals surface area contributed by atoms with Crippen LogP contribution in [0.1, 0.15) is 11.3 Å². The van der Waals surface area contributed by atoms with Crippen molar-refractivity contribution in [3.63, 3.8) is 0 Å². The Hall–Kier alpha value is -2.91. The lowest BCUT2D eigenvalue weighted by Gasteiger charge is -2.06. The molecule has 26 heavy (non-hydrogen) atoms. The van der Waals surface area contributed by atoms with E-state index in [2.05, 4.69) is 10.0 Å². The van der Waals surface area contributed by atoms with E-state index >= 15 is 0 Å². The summed E-state index contributed by atoms with van der Waals surface area (Å²) in [4.78, 5) is 23.1. The summed E-state index contributed by atoms with van der Waals surface area (Å²) in [5.41, 5.74) is 0.702. The van der Waals surface area contributed by atoms with E-state index < -0.39 is 35.1 Å². The van der Waals surface area contributed by atoms with Crippen molar-refractivity contribution in [2.45, 2.75) is 6.54 Å². The molecule has 0 fully saturated rings. The summed E-state index contributed by atoms with van der Waals surface area (Å²) in [5.74, 6) is -0.834. The molecule has 0 unspecified atom stereocenters. The van der Waals surface area contributed by atoms with Gasteiger partial charge < -0.3 is 14.5 Å². The molecule has 0 aliphatic carbocycles. The molecule has 9 heteroatoms. The zero-order chi connectivity index (χ0) is 18.8. The quantitative estimate of drug-likeness (QED) is 0.630. The summed E-state index contributed by atoms with van der Waals surface area (Å²) in [6.07, 6.45) is 2.87. The molecule has 1 amide bonds. The summed E-state index contributed by atoms with van der Waals surface area (Å²) < 4.78 is 35.4. The van der Waals surface area contributed by atoms with Gasteiger partial charge in [-0.15, -0.1) is 0 Å². The first-order valence-electron chi connectivity index (χ1n) is 7.62. The highest BCUT2D eigenvalue weighted by atomic mass is 32.2. The van der Waals surface area contributed by atoms with Gasteiger partial charge in [0.2, 0.25) is 10.0 Å². The number of carbonyl (C=O) groups excluding carboxylic acids is 2. The number of ether oxygens (including phenoxy) is 1. The van der Waals surface area contributed by atoms with Crippen LogP contribution in [0.2, 0.25) is 0 Å². The van der Waals surface area contributed by atoms with Gasteiger partial charge in [0, 0.05) is 5.41 Å². The van der Waals surface area contributed by atoms with Crippen molar-refractivity contribution in [3.8, 4) is 0 Å². The Morgan fingerprint density at radius 3 is 2.58 bits per heavy atom. The summed E-state index contributed by atoms with van der Waals surface area (Å²) >= 11 is 0. The van der Waals surface area contributed by atoms with Gasteiger partial charge in [0.1, 0.15) is 12.3 Å². The first-order chi connectivity index (χ1) is 12.4. The van der Waals surface area contributed by atoms with Gasteiger partial charge in [0.15, 0.2) is 6.61 Å². The molecule has 138 valence electrons. The molecule has 1 aromatic heterocycles. The van der Waals surface area contributed by atoms with E-state index in [9.17, 15) is 18.0 Å². The van der Waals surface area contributed by atoms with Crippen LogP contribution >= 0.6 is 0 Å². The number of hydrogen-bond donors (Lipinski definition) is 2. The monoisotopic (exact) mass is 378 g/mol. The highest BCUT2D eigenvalue weighted by Crippen LogP contribution is 2.02. The number of nitrogens with one attached hydrogen (secondary N) is 2. The maximum atomic E-state index is 11.8. The molecular weight excluding hydrogens is 360 g/mol. The smallest absolute Gasteiger partial charge is 0.321 e. The number of rotatable bonds is 9. The van der Waals surface area contributed by atoms with E-state index in [1.807, 2.05) is 6.07 Å². The number of esters is 1. The summed E-state index contributed by atoms with van der Waals surface area (Å²) in [6.45, 7) is -0.922. The molecule has 0 aliphatic heterocycles. The molecule has 0 radical (unpaired) electrons. The summed E-state index contributed by atoms with van der Waals surface area (Å²) in [7, 11) is -3.80. The molecule has 0 bridgehead atoms. The van der Waals surface area contributed by atoms with Gasteiger partial charge in [0.25, 0.3) is 5.91 Å². The Morgan fingerprint density at radius 2 is 1.88 bits per heavy atom. The van der Waals surface area contributed by atoms with Crippen molar-refractivity contribution in [1.29, 1.82) is 0 Å². The highest BCUT2D eigenvalue weighted by molar-refractivity contribution is 7.92. The van der Waals surface area contributed by atoms with Crippen LogP contribution in [-0.4, -0.2) is 33.4 Å². The second-order valence-electron chi connectivity index (χ2n) is 5.10. The zero-order valence-corrected chi connectivity index (χ0v) is 14.6. The van der Waals surface area contributed by atoms with Crippen LogP contribution in [0.3, 0.4) is 0 Å². The average molecular weight is 378 g/mol. The van der Waals surface area contributed by atoms with Gasteiger partial charge in [0.05, 0.1) is 12.8 Å². The third kappa shape index (κ3) is 7.32. The SMILES string of the molecule is O=C(COC(=O)CNS(=O)(=O)/C=C/c1ccccc1)NCc1ccco1. The van der Waals surface area contributed by atoms with Crippen LogP contribution in [0, 0.1) is 0 Å². The molecule has 0 saturated carbocycles. The number of carbonyl (C=O) groups is 2. The maximum Gasteiger partial charge on any atom is 0.321 e. The Kier molecular flexibility index (Phi) is 7.12. The number of hydrogen-bond acceptors (Lipinski definition) is 6. The second kappa shape index (κ2) is 9.54. The first kappa shape index (κ1) is 19.4. The fourth-order valence-corrected chi connectivity index (χ4v) is 2.54. The lowest BCUT2D eigenvalue weighted by Crippen LogP contribution is -2.33. The minimum Gasteiger partial charge on any atom is -0.467 e. The average Bonchev–Trinajstić information content (AvgIpc) is 3.16. The third-order valence-corrected chi connectivity index (χ3v) is 4.10. The normalized spacial score (nSPS) is 11.4. The van der Waals surface area contributed by atoms with Crippen molar-refractivity contribution in [3.05, 3.63) is 65.5 Å². The predicted molar refractivity (Wildman–Crippen MR) is 93.9 cm³/mol. The van der Waals surface area contributed by atoms with E-state index in [1.165, 1.54) is 12.3 Å². The number of benzene rings is 1. The molecule has 2 N–H and O–H groups in total. The summed E-state index contributed by atoms with van der Waals surface area (Å²) in [5, 5.41) is 3.44. The van der Waals surface area contributed by atoms with Crippen LogP contribution < -0.4 is 10.0 Å². The zero-order valence-electron chi connectivity index (χ0n) is 13.8. The molecule has 2 rings (SSSR count). The van der Waals surface area contributed by atoms with Crippen LogP contribution in [-0.2, 0) is 30.9 Å². The van der Waals surface area contributed by atoms with Gasteiger partial charge >= 0.3 is 5.97 Å². The molecule has 0 atom stereocenters. The molecular formula is C17H18N2O6S. The van der Waals surface area contributed by atoms with Crippen LogP contribution in [0.4, 0.5) is 0 Å². The standard InChI is InChI=1S/C17H18N2O6S/c20-16(18-11-15-7-4-9-24-15)13-25-17(21)12-19-26(22,23)10-8-14-5-2-1-3-6-14/h1-10,19H,11-13H2,(H,18,20)/b10-8+. The summed E-state index contributed by atoms with van der Waals surface area (Å²) in [6, 6.07) is 12.2. The van der Waals surface area contributed by atoms with Gasteiger partial charge in [-0.2, -0.15) is 0 Å². The van der Waals surface area contributed by atoms with Gasteiger partial charge in [-0.3, -0.25) is 9.59 Å². The Labute approximate surface area is 150 Å². The lowest BCUT2D eigenvalue weighted by atomic mass is 10.2. The van der Waals surface area contributed by atoms with Gasteiger partial charge in [-0.05, 0) is 23.8 Å². The van der Waals surface area contributed by atoms with E-state index in [0.29, 0.717) is 11.3 Å². The molecule has 1 heterocycles. The van der Waals surface area contributed by atoms with Crippen molar-refractivity contribution in [2.75, 3.05) is 13.2 Å². The van der Waals surface area contributed by atoms with Gasteiger partial charge in [-0.25, -0.2) is 13.1 Å².